The van der Waals surface area contributed by atoms with Crippen molar-refractivity contribution in [3.8, 4) is 11.3 Å². The molecule has 2 rings (SSSR count). The Hall–Kier alpha value is -1.41. The summed E-state index contributed by atoms with van der Waals surface area (Å²) in [5.41, 5.74) is 5.54. The van der Waals surface area contributed by atoms with Crippen LogP contribution in [0.25, 0.3) is 11.3 Å². The Morgan fingerprint density at radius 2 is 1.68 bits per heavy atom. The monoisotopic (exact) mass is 274 g/mol. The normalized spacial score (nSPS) is 11.1. The van der Waals surface area contributed by atoms with E-state index in [1.54, 1.807) is 0 Å². The molecule has 0 amide bonds. The van der Waals surface area contributed by atoms with Crippen molar-refractivity contribution in [1.82, 2.24) is 9.97 Å². The van der Waals surface area contributed by atoms with Crippen LogP contribution in [-0.4, -0.2) is 9.97 Å². The van der Waals surface area contributed by atoms with Crippen LogP contribution in [0.15, 0.2) is 18.2 Å². The van der Waals surface area contributed by atoms with Crippen LogP contribution < -0.4 is 0 Å². The summed E-state index contributed by atoms with van der Waals surface area (Å²) in [7, 11) is 0. The molecule has 1 aromatic heterocycles. The summed E-state index contributed by atoms with van der Waals surface area (Å²) in [6.45, 7) is 10.4. The van der Waals surface area contributed by atoms with Crippen molar-refractivity contribution in [3.63, 3.8) is 0 Å². The van der Waals surface area contributed by atoms with Gasteiger partial charge < -0.3 is 0 Å². The lowest BCUT2D eigenvalue weighted by atomic mass is 9.98. The SMILES string of the molecule is Cc1cccc(-c2nc(C(C)C)nc(Cl)c2C)c1C. The van der Waals surface area contributed by atoms with E-state index in [2.05, 4.69) is 50.9 Å². The summed E-state index contributed by atoms with van der Waals surface area (Å²) in [6.07, 6.45) is 0. The molecule has 1 heterocycles. The Bertz CT molecular complexity index is 618. The molecule has 0 aliphatic heterocycles. The number of rotatable bonds is 2. The first-order chi connectivity index (χ1) is 8.91. The molecular formula is C16H19ClN2. The second kappa shape index (κ2) is 5.30. The largest absolute Gasteiger partial charge is 0.232 e. The van der Waals surface area contributed by atoms with Gasteiger partial charge in [-0.15, -0.1) is 0 Å². The quantitative estimate of drug-likeness (QED) is 0.732. The Labute approximate surface area is 119 Å². The highest BCUT2D eigenvalue weighted by atomic mass is 35.5. The van der Waals surface area contributed by atoms with E-state index in [1.165, 1.54) is 11.1 Å². The first kappa shape index (κ1) is 14.0. The van der Waals surface area contributed by atoms with Gasteiger partial charge in [-0.3, -0.25) is 0 Å². The Kier molecular flexibility index (Phi) is 3.91. The van der Waals surface area contributed by atoms with Gasteiger partial charge in [0, 0.05) is 17.0 Å². The van der Waals surface area contributed by atoms with E-state index in [0.717, 1.165) is 22.6 Å². The Morgan fingerprint density at radius 1 is 1.00 bits per heavy atom. The molecule has 0 aliphatic carbocycles. The van der Waals surface area contributed by atoms with Gasteiger partial charge >= 0.3 is 0 Å². The average molecular weight is 275 g/mol. The van der Waals surface area contributed by atoms with Crippen LogP contribution in [0.4, 0.5) is 0 Å². The maximum atomic E-state index is 6.25. The third kappa shape index (κ3) is 2.64. The summed E-state index contributed by atoms with van der Waals surface area (Å²) in [5, 5.41) is 0.551. The van der Waals surface area contributed by atoms with E-state index in [0.29, 0.717) is 5.15 Å². The number of benzene rings is 1. The highest BCUT2D eigenvalue weighted by molar-refractivity contribution is 6.30. The van der Waals surface area contributed by atoms with Crippen molar-refractivity contribution < 1.29 is 0 Å². The van der Waals surface area contributed by atoms with Crippen molar-refractivity contribution >= 4 is 11.6 Å². The lowest BCUT2D eigenvalue weighted by molar-refractivity contribution is 0.773. The highest BCUT2D eigenvalue weighted by Gasteiger charge is 2.15. The third-order valence-corrected chi connectivity index (χ3v) is 3.85. The topological polar surface area (TPSA) is 25.8 Å². The van der Waals surface area contributed by atoms with E-state index in [4.69, 9.17) is 16.6 Å². The van der Waals surface area contributed by atoms with Gasteiger partial charge in [0.15, 0.2) is 0 Å². The molecule has 0 saturated carbocycles. The van der Waals surface area contributed by atoms with Crippen LogP contribution >= 0.6 is 11.6 Å². The van der Waals surface area contributed by atoms with E-state index in [9.17, 15) is 0 Å². The summed E-state index contributed by atoms with van der Waals surface area (Å²) >= 11 is 6.25. The minimum Gasteiger partial charge on any atom is -0.232 e. The molecule has 0 unspecified atom stereocenters. The number of aromatic nitrogens is 2. The molecule has 100 valence electrons. The van der Waals surface area contributed by atoms with Crippen LogP contribution in [0, 0.1) is 20.8 Å². The van der Waals surface area contributed by atoms with Gasteiger partial charge in [-0.1, -0.05) is 43.6 Å². The average Bonchev–Trinajstić information content (AvgIpc) is 2.36. The van der Waals surface area contributed by atoms with E-state index in [-0.39, 0.29) is 5.92 Å². The predicted octanol–water partition coefficient (Wildman–Crippen LogP) is 4.85. The lowest BCUT2D eigenvalue weighted by Crippen LogP contribution is -2.03. The molecule has 0 aliphatic rings. The van der Waals surface area contributed by atoms with Crippen molar-refractivity contribution in [1.29, 1.82) is 0 Å². The molecule has 0 N–H and O–H groups in total. The molecule has 2 aromatic rings. The van der Waals surface area contributed by atoms with Crippen molar-refractivity contribution in [2.45, 2.75) is 40.5 Å². The maximum absolute atomic E-state index is 6.25. The molecule has 0 bridgehead atoms. The van der Waals surface area contributed by atoms with Crippen LogP contribution in [0.3, 0.4) is 0 Å². The fourth-order valence-corrected chi connectivity index (χ4v) is 2.21. The first-order valence-electron chi connectivity index (χ1n) is 6.52. The van der Waals surface area contributed by atoms with Crippen molar-refractivity contribution in [2.24, 2.45) is 0 Å². The molecule has 0 atom stereocenters. The summed E-state index contributed by atoms with van der Waals surface area (Å²) < 4.78 is 0. The van der Waals surface area contributed by atoms with E-state index >= 15 is 0 Å². The van der Waals surface area contributed by atoms with Gasteiger partial charge in [-0.25, -0.2) is 9.97 Å². The fraction of sp³-hybridized carbons (Fsp3) is 0.375. The molecular weight excluding hydrogens is 256 g/mol. The van der Waals surface area contributed by atoms with E-state index in [1.807, 2.05) is 6.92 Å². The highest BCUT2D eigenvalue weighted by Crippen LogP contribution is 2.30. The molecule has 1 aromatic carbocycles. The second-order valence-corrected chi connectivity index (χ2v) is 5.61. The predicted molar refractivity (Wildman–Crippen MR) is 80.8 cm³/mol. The summed E-state index contributed by atoms with van der Waals surface area (Å²) in [6, 6.07) is 6.26. The zero-order valence-electron chi connectivity index (χ0n) is 12.1. The summed E-state index contributed by atoms with van der Waals surface area (Å²) in [5.74, 6) is 1.06. The molecule has 2 nitrogen and oxygen atoms in total. The van der Waals surface area contributed by atoms with Gasteiger partial charge in [0.2, 0.25) is 0 Å². The zero-order valence-corrected chi connectivity index (χ0v) is 12.8. The summed E-state index contributed by atoms with van der Waals surface area (Å²) in [4.78, 5) is 9.07. The Balaban J connectivity index is 2.71. The van der Waals surface area contributed by atoms with E-state index < -0.39 is 0 Å². The van der Waals surface area contributed by atoms with Crippen molar-refractivity contribution in [3.05, 3.63) is 45.9 Å². The van der Waals surface area contributed by atoms with Crippen LogP contribution in [0.1, 0.15) is 42.3 Å². The maximum Gasteiger partial charge on any atom is 0.136 e. The molecule has 19 heavy (non-hydrogen) atoms. The van der Waals surface area contributed by atoms with Crippen LogP contribution in [-0.2, 0) is 0 Å². The first-order valence-corrected chi connectivity index (χ1v) is 6.90. The molecule has 0 radical (unpaired) electrons. The standard InChI is InChI=1S/C16H19ClN2/c1-9(2)16-18-14(12(5)15(17)19-16)13-8-6-7-10(3)11(13)4/h6-9H,1-5H3. The molecule has 0 saturated heterocycles. The van der Waals surface area contributed by atoms with Crippen LogP contribution in [0.2, 0.25) is 5.15 Å². The number of hydrogen-bond donors (Lipinski definition) is 0. The van der Waals surface area contributed by atoms with Gasteiger partial charge in [0.05, 0.1) is 5.69 Å². The number of nitrogens with zero attached hydrogens (tertiary/aromatic N) is 2. The molecule has 0 spiro atoms. The van der Waals surface area contributed by atoms with Crippen molar-refractivity contribution in [2.75, 3.05) is 0 Å². The fourth-order valence-electron chi connectivity index (χ4n) is 2.03. The smallest absolute Gasteiger partial charge is 0.136 e. The van der Waals surface area contributed by atoms with Crippen LogP contribution in [0.5, 0.6) is 0 Å². The number of halogens is 1. The third-order valence-electron chi connectivity index (χ3n) is 3.48. The minimum absolute atomic E-state index is 0.266. The lowest BCUT2D eigenvalue weighted by Gasteiger charge is -2.14. The molecule has 0 fully saturated rings. The van der Waals surface area contributed by atoms with Gasteiger partial charge in [0.25, 0.3) is 0 Å². The van der Waals surface area contributed by atoms with Gasteiger partial charge in [-0.05, 0) is 31.9 Å². The molecule has 3 heteroatoms. The number of aryl methyl sites for hydroxylation is 1. The zero-order chi connectivity index (χ0) is 14.2. The van der Waals surface area contributed by atoms with Gasteiger partial charge in [-0.2, -0.15) is 0 Å². The Morgan fingerprint density at radius 3 is 2.32 bits per heavy atom. The second-order valence-electron chi connectivity index (χ2n) is 5.25. The minimum atomic E-state index is 0.266. The van der Waals surface area contributed by atoms with Gasteiger partial charge in [0.1, 0.15) is 11.0 Å². The number of hydrogen-bond acceptors (Lipinski definition) is 2.